The predicted octanol–water partition coefficient (Wildman–Crippen LogP) is 7.55. The first-order valence-electron chi connectivity index (χ1n) is 26.8. The molecule has 3 heterocycles. The van der Waals surface area contributed by atoms with E-state index in [0.717, 1.165) is 17.6 Å². The molecule has 2 bridgehead atoms. The second kappa shape index (κ2) is 27.7. The van der Waals surface area contributed by atoms with Crippen LogP contribution in [0.1, 0.15) is 137 Å². The van der Waals surface area contributed by atoms with Gasteiger partial charge in [0, 0.05) is 56.6 Å². The zero-order valence-corrected chi connectivity index (χ0v) is 45.5. The van der Waals surface area contributed by atoms with E-state index in [1.807, 2.05) is 70.2 Å². The maximum Gasteiger partial charge on any atom is 0.329 e. The topological polar surface area (TPSA) is 211 Å². The summed E-state index contributed by atoms with van der Waals surface area (Å²) in [5.41, 5.74) is 2.29. The molecule has 1 aromatic rings. The third-order valence-electron chi connectivity index (χ3n) is 16.5. The van der Waals surface area contributed by atoms with Gasteiger partial charge in [-0.1, -0.05) is 82.7 Å². The smallest absolute Gasteiger partial charge is 0.329 e. The number of fused-ring (bicyclic) bond motifs is 3. The number of carbonyl (C=O) groups is 3. The van der Waals surface area contributed by atoms with Crippen molar-refractivity contribution < 1.29 is 68.3 Å². The molecule has 0 spiro atoms. The fourth-order valence-electron chi connectivity index (χ4n) is 11.7. The number of methoxy groups -OCH3 is 4. The highest BCUT2D eigenvalue weighted by Crippen LogP contribution is 2.43. The monoisotopic (exact) mass is 1020 g/mol. The fourth-order valence-corrected chi connectivity index (χ4v) is 11.7. The van der Waals surface area contributed by atoms with Gasteiger partial charge >= 0.3 is 5.97 Å². The largest absolute Gasteiger partial charge is 0.497 e. The summed E-state index contributed by atoms with van der Waals surface area (Å²) in [6, 6.07) is 4.46. The maximum atomic E-state index is 14.6. The molecule has 2 saturated heterocycles. The number of Topliss-reactive ketones (excluding diaryl/α,β-unsaturated/α-hetero) is 1. The van der Waals surface area contributed by atoms with Crippen molar-refractivity contribution in [1.29, 1.82) is 0 Å². The number of piperidine rings is 1. The minimum atomic E-state index is -2.47. The molecule has 4 aliphatic rings. The second-order valence-corrected chi connectivity index (χ2v) is 21.9. The number of carbonyl (C=O) groups excluding carboxylic acids is 3. The van der Waals surface area contributed by atoms with Crippen LogP contribution in [-0.2, 0) is 33.3 Å². The molecule has 5 rings (SSSR count). The van der Waals surface area contributed by atoms with Crippen LogP contribution in [0.15, 0.2) is 65.8 Å². The molecule has 410 valence electrons. The molecule has 15 nitrogen and oxygen atoms in total. The van der Waals surface area contributed by atoms with E-state index in [4.69, 9.17) is 28.4 Å². The molecular weight excluding hydrogens is 935 g/mol. The Morgan fingerprint density at radius 1 is 0.808 bits per heavy atom. The Morgan fingerprint density at radius 2 is 1.55 bits per heavy atom. The molecule has 1 saturated carbocycles. The lowest BCUT2D eigenvalue weighted by atomic mass is 9.78. The molecule has 0 radical (unpaired) electrons. The quantitative estimate of drug-likeness (QED) is 0.0968. The number of rotatable bonds is 8. The molecule has 15 heteroatoms. The van der Waals surface area contributed by atoms with E-state index >= 15 is 0 Å². The highest BCUT2D eigenvalue weighted by molar-refractivity contribution is 6.39. The highest BCUT2D eigenvalue weighted by atomic mass is 16.6. The zero-order valence-electron chi connectivity index (χ0n) is 45.5. The normalized spacial score (nSPS) is 39.2. The standard InChI is InChI=1S/C58H89NO14/c1-34-17-13-12-14-18-35(2)45(44-24-23-42(68-8)32-50(44)69-9)31-43-22-20-40(7)58(67,73-43)55(64)56(65)59-26-16-15-19-46(59)57(66)72-49(37(4)29-41-21-25-47(60)51(30-41)70-10)33-48(61)36(3)28-39(6)53(63)54(71-11)52(62)38(5)27-34/h12-14,17-18,23-24,28,32,34,36-38,40-41,43,45-49,51-54,60-63,67H,15-16,19-22,25-27,29-31,33H2,1-11H3/b14-12+,17-13+,35-18+,39-28+/t34-,36-,37-,38-,40-,41-,43+,45+,46+,47-,48?,49+,51-,52?,53-,54+,58-/m1/s1. The number of aliphatic hydroxyl groups excluding tert-OH is 4. The van der Waals surface area contributed by atoms with Crippen LogP contribution < -0.4 is 9.47 Å². The Labute approximate surface area is 435 Å². The molecule has 3 aliphatic heterocycles. The van der Waals surface area contributed by atoms with Crippen molar-refractivity contribution in [1.82, 2.24) is 4.90 Å². The van der Waals surface area contributed by atoms with E-state index in [1.165, 1.54) is 12.0 Å². The first-order chi connectivity index (χ1) is 34.7. The Balaban J connectivity index is 1.53. The van der Waals surface area contributed by atoms with Crippen LogP contribution in [0.2, 0.25) is 0 Å². The molecule has 17 atom stereocenters. The van der Waals surface area contributed by atoms with Gasteiger partial charge < -0.3 is 58.9 Å². The maximum absolute atomic E-state index is 14.6. The lowest BCUT2D eigenvalue weighted by molar-refractivity contribution is -0.264. The number of aliphatic hydroxyl groups is 5. The van der Waals surface area contributed by atoms with E-state index in [2.05, 4.69) is 13.0 Å². The number of nitrogens with zero attached hydrogens (tertiary/aromatic N) is 1. The van der Waals surface area contributed by atoms with Gasteiger partial charge in [0.05, 0.1) is 44.7 Å². The lowest BCUT2D eigenvalue weighted by Crippen LogP contribution is -2.60. The van der Waals surface area contributed by atoms with Gasteiger partial charge in [0.15, 0.2) is 0 Å². The molecule has 1 aliphatic carbocycles. The Hall–Kier alpha value is -3.93. The molecule has 1 aromatic carbocycles. The number of benzene rings is 1. The van der Waals surface area contributed by atoms with E-state index in [-0.39, 0.29) is 55.1 Å². The summed E-state index contributed by atoms with van der Waals surface area (Å²) in [6.07, 6.45) is 10.8. The number of cyclic esters (lactones) is 1. The number of allylic oxidation sites excluding steroid dienone is 6. The van der Waals surface area contributed by atoms with Gasteiger partial charge in [0.1, 0.15) is 35.9 Å². The summed E-state index contributed by atoms with van der Waals surface area (Å²) < 4.78 is 35.5. The Bertz CT molecular complexity index is 2090. The van der Waals surface area contributed by atoms with Crippen molar-refractivity contribution in [3.05, 3.63) is 71.4 Å². The molecule has 5 N–H and O–H groups in total. The SMILES string of the molecule is COc1ccc([C@H]2C[C@@H]3CC[C@@H](C)[C@@](O)(O3)C(=O)C(=O)N3CCCC[C@H]3C(=O)O[C@H]([C@H](C)C[C@H]3CC[C@@H](O)[C@H](OC)C3)CC(O)[C@H](C)/C=C(\C)[C@@H](O)[C@@H](OC)C(O)[C@H](C)C[C@H](C)/C=C/C=C/C=C/2C)c(OC)c1. The van der Waals surface area contributed by atoms with Gasteiger partial charge in [-0.05, 0) is 120 Å². The van der Waals surface area contributed by atoms with Crippen molar-refractivity contribution in [3.8, 4) is 11.5 Å². The van der Waals surface area contributed by atoms with Crippen LogP contribution in [0.3, 0.4) is 0 Å². The average Bonchev–Trinajstić information content (AvgIpc) is 3.38. The first-order valence-corrected chi connectivity index (χ1v) is 26.8. The number of ether oxygens (including phenoxy) is 6. The van der Waals surface area contributed by atoms with Gasteiger partial charge in [-0.15, -0.1) is 0 Å². The molecular formula is C58H89NO14. The van der Waals surface area contributed by atoms with Gasteiger partial charge in [-0.2, -0.15) is 0 Å². The zero-order chi connectivity index (χ0) is 53.7. The van der Waals surface area contributed by atoms with Crippen LogP contribution in [0.4, 0.5) is 0 Å². The minimum absolute atomic E-state index is 0.0229. The minimum Gasteiger partial charge on any atom is -0.497 e. The van der Waals surface area contributed by atoms with E-state index in [9.17, 15) is 39.9 Å². The second-order valence-electron chi connectivity index (χ2n) is 21.9. The van der Waals surface area contributed by atoms with Crippen LogP contribution in [0.25, 0.3) is 0 Å². The van der Waals surface area contributed by atoms with Crippen molar-refractivity contribution in [2.75, 3.05) is 35.0 Å². The number of esters is 1. The first kappa shape index (κ1) is 59.9. The van der Waals surface area contributed by atoms with Crippen LogP contribution in [0, 0.1) is 35.5 Å². The molecule has 73 heavy (non-hydrogen) atoms. The molecule has 0 aromatic heterocycles. The summed E-state index contributed by atoms with van der Waals surface area (Å²) in [4.78, 5) is 44.9. The van der Waals surface area contributed by atoms with E-state index in [0.29, 0.717) is 74.9 Å². The number of amides is 1. The summed E-state index contributed by atoms with van der Waals surface area (Å²) in [5, 5.41) is 58.0. The Morgan fingerprint density at radius 3 is 2.23 bits per heavy atom. The summed E-state index contributed by atoms with van der Waals surface area (Å²) in [5.74, 6) is -6.05. The third kappa shape index (κ3) is 15.4. The van der Waals surface area contributed by atoms with Gasteiger partial charge in [-0.25, -0.2) is 4.79 Å². The number of hydrogen-bond donors (Lipinski definition) is 5. The van der Waals surface area contributed by atoms with Crippen LogP contribution >= 0.6 is 0 Å². The lowest BCUT2D eigenvalue weighted by Gasteiger charge is -2.43. The fraction of sp³-hybridized carbons (Fsp3) is 0.707. The molecule has 3 fully saturated rings. The average molecular weight is 1020 g/mol. The van der Waals surface area contributed by atoms with Crippen molar-refractivity contribution in [2.24, 2.45) is 35.5 Å². The summed E-state index contributed by atoms with van der Waals surface area (Å²) in [7, 11) is 6.21. The predicted molar refractivity (Wildman–Crippen MR) is 279 cm³/mol. The van der Waals surface area contributed by atoms with E-state index in [1.54, 1.807) is 41.3 Å². The summed E-state index contributed by atoms with van der Waals surface area (Å²) in [6.45, 7) is 13.3. The van der Waals surface area contributed by atoms with Gasteiger partial charge in [0.25, 0.3) is 11.7 Å². The van der Waals surface area contributed by atoms with Crippen LogP contribution in [0.5, 0.6) is 11.5 Å². The Kier molecular flexibility index (Phi) is 22.8. The molecule has 2 unspecified atom stereocenters. The van der Waals surface area contributed by atoms with Gasteiger partial charge in [-0.3, -0.25) is 9.59 Å². The summed E-state index contributed by atoms with van der Waals surface area (Å²) >= 11 is 0. The highest BCUT2D eigenvalue weighted by Gasteiger charge is 2.53. The van der Waals surface area contributed by atoms with Crippen molar-refractivity contribution in [3.63, 3.8) is 0 Å². The van der Waals surface area contributed by atoms with Crippen molar-refractivity contribution >= 4 is 17.7 Å². The van der Waals surface area contributed by atoms with Crippen molar-refractivity contribution in [2.45, 2.75) is 192 Å². The van der Waals surface area contributed by atoms with Gasteiger partial charge in [0.2, 0.25) is 5.79 Å². The third-order valence-corrected chi connectivity index (χ3v) is 16.5. The number of hydrogen-bond acceptors (Lipinski definition) is 14. The van der Waals surface area contributed by atoms with E-state index < -0.39 is 84.1 Å². The number of ketones is 1. The van der Waals surface area contributed by atoms with Crippen LogP contribution in [-0.4, -0.2) is 144 Å². The molecule has 1 amide bonds.